The number of fused-ring (bicyclic) bond motifs is 1. The number of aliphatic hydroxyl groups is 1. The third-order valence-corrected chi connectivity index (χ3v) is 3.81. The minimum Gasteiger partial charge on any atom is -0.388 e. The Hall–Kier alpha value is -1.07. The molecule has 0 saturated heterocycles. The molecule has 5 heteroatoms. The summed E-state index contributed by atoms with van der Waals surface area (Å²) in [5, 5.41) is 17.4. The van der Waals surface area contributed by atoms with Crippen LogP contribution in [0.1, 0.15) is 42.4 Å². The Morgan fingerprint density at radius 3 is 3.19 bits per heavy atom. The van der Waals surface area contributed by atoms with Gasteiger partial charge in [-0.1, -0.05) is 0 Å². The van der Waals surface area contributed by atoms with Gasteiger partial charge in [0.05, 0.1) is 12.1 Å². The van der Waals surface area contributed by atoms with Crippen LogP contribution in [0.2, 0.25) is 0 Å². The number of nitrogens with one attached hydrogen (secondary N) is 2. The second-order valence-electron chi connectivity index (χ2n) is 3.89. The lowest BCUT2D eigenvalue weighted by Gasteiger charge is -2.26. The van der Waals surface area contributed by atoms with Crippen LogP contribution in [0.5, 0.6) is 0 Å². The molecule has 0 radical (unpaired) electrons. The quantitative estimate of drug-likeness (QED) is 0.739. The van der Waals surface area contributed by atoms with E-state index in [0.29, 0.717) is 13.0 Å². The predicted octanol–water partition coefficient (Wildman–Crippen LogP) is 1.94. The number of urea groups is 1. The van der Waals surface area contributed by atoms with Gasteiger partial charge in [-0.05, 0) is 36.8 Å². The van der Waals surface area contributed by atoms with Crippen molar-refractivity contribution in [3.63, 3.8) is 0 Å². The summed E-state index contributed by atoms with van der Waals surface area (Å²) in [5.74, 6) is 0. The standard InChI is InChI=1S/C11H16N2O2S/c1-2-12-11(15)13-8-3-4-9(14)10-7(8)5-6-16-10/h5-6,8-9,14H,2-4H2,1H3,(H2,12,13,15)/t8-,9+/m1/s1. The Bertz CT molecular complexity index is 378. The SMILES string of the molecule is CCNC(=O)N[C@@H]1CC[C@H](O)c2sccc21. The molecule has 0 aliphatic heterocycles. The van der Waals surface area contributed by atoms with Crippen molar-refractivity contribution in [2.24, 2.45) is 0 Å². The Morgan fingerprint density at radius 2 is 2.44 bits per heavy atom. The van der Waals surface area contributed by atoms with Crippen molar-refractivity contribution in [2.75, 3.05) is 6.54 Å². The van der Waals surface area contributed by atoms with Crippen molar-refractivity contribution in [3.05, 3.63) is 21.9 Å². The van der Waals surface area contributed by atoms with E-state index in [2.05, 4.69) is 10.6 Å². The third-order valence-electron chi connectivity index (χ3n) is 2.78. The van der Waals surface area contributed by atoms with Gasteiger partial charge in [-0.2, -0.15) is 0 Å². The highest BCUT2D eigenvalue weighted by molar-refractivity contribution is 7.10. The van der Waals surface area contributed by atoms with Crippen LogP contribution >= 0.6 is 11.3 Å². The first-order valence-electron chi connectivity index (χ1n) is 5.52. The molecular formula is C11H16N2O2S. The number of carbonyl (C=O) groups excluding carboxylic acids is 1. The molecule has 0 unspecified atom stereocenters. The van der Waals surface area contributed by atoms with Crippen LogP contribution in [-0.4, -0.2) is 17.7 Å². The average molecular weight is 240 g/mol. The van der Waals surface area contributed by atoms with Crippen molar-refractivity contribution >= 4 is 17.4 Å². The van der Waals surface area contributed by atoms with Gasteiger partial charge in [0.25, 0.3) is 0 Å². The number of carbonyl (C=O) groups is 1. The van der Waals surface area contributed by atoms with E-state index in [-0.39, 0.29) is 18.2 Å². The molecule has 1 aliphatic rings. The van der Waals surface area contributed by atoms with Crippen molar-refractivity contribution < 1.29 is 9.90 Å². The van der Waals surface area contributed by atoms with Gasteiger partial charge in [-0.3, -0.25) is 0 Å². The van der Waals surface area contributed by atoms with Gasteiger partial charge in [0.15, 0.2) is 0 Å². The number of thiophene rings is 1. The van der Waals surface area contributed by atoms with Crippen LogP contribution in [-0.2, 0) is 0 Å². The van der Waals surface area contributed by atoms with Gasteiger partial charge in [0, 0.05) is 11.4 Å². The molecule has 2 rings (SSSR count). The summed E-state index contributed by atoms with van der Waals surface area (Å²) in [7, 11) is 0. The summed E-state index contributed by atoms with van der Waals surface area (Å²) in [6.45, 7) is 2.51. The van der Waals surface area contributed by atoms with Crippen LogP contribution in [0.4, 0.5) is 4.79 Å². The van der Waals surface area contributed by atoms with Crippen molar-refractivity contribution in [3.8, 4) is 0 Å². The van der Waals surface area contributed by atoms with Crippen LogP contribution in [0.3, 0.4) is 0 Å². The van der Waals surface area contributed by atoms with Gasteiger partial charge in [0.1, 0.15) is 0 Å². The molecule has 1 aromatic heterocycles. The van der Waals surface area contributed by atoms with Crippen LogP contribution < -0.4 is 10.6 Å². The van der Waals surface area contributed by atoms with Crippen molar-refractivity contribution in [2.45, 2.75) is 31.9 Å². The number of aliphatic hydroxyl groups excluding tert-OH is 1. The summed E-state index contributed by atoms with van der Waals surface area (Å²) in [5.41, 5.74) is 1.06. The minimum absolute atomic E-state index is 0.0381. The minimum atomic E-state index is -0.359. The number of amides is 2. The van der Waals surface area contributed by atoms with Gasteiger partial charge in [0.2, 0.25) is 0 Å². The van der Waals surface area contributed by atoms with E-state index in [4.69, 9.17) is 0 Å². The molecule has 0 aromatic carbocycles. The fourth-order valence-corrected chi connectivity index (χ4v) is 3.00. The van der Waals surface area contributed by atoms with Gasteiger partial charge in [-0.25, -0.2) is 4.79 Å². The second kappa shape index (κ2) is 4.84. The summed E-state index contributed by atoms with van der Waals surface area (Å²) in [4.78, 5) is 12.4. The van der Waals surface area contributed by atoms with Crippen molar-refractivity contribution in [1.82, 2.24) is 10.6 Å². The number of hydrogen-bond acceptors (Lipinski definition) is 3. The molecule has 4 nitrogen and oxygen atoms in total. The first-order chi connectivity index (χ1) is 7.72. The molecule has 2 amide bonds. The first kappa shape index (κ1) is 11.4. The summed E-state index contributed by atoms with van der Waals surface area (Å²) in [6, 6.07) is 1.89. The maximum Gasteiger partial charge on any atom is 0.315 e. The molecular weight excluding hydrogens is 224 g/mol. The zero-order valence-electron chi connectivity index (χ0n) is 9.19. The molecule has 0 bridgehead atoms. The van der Waals surface area contributed by atoms with Gasteiger partial charge in [-0.15, -0.1) is 11.3 Å². The first-order valence-corrected chi connectivity index (χ1v) is 6.40. The van der Waals surface area contributed by atoms with E-state index in [1.807, 2.05) is 18.4 Å². The molecule has 2 atom stereocenters. The molecule has 1 aromatic rings. The van der Waals surface area contributed by atoms with Gasteiger partial charge < -0.3 is 15.7 Å². The predicted molar refractivity (Wildman–Crippen MR) is 63.5 cm³/mol. The second-order valence-corrected chi connectivity index (χ2v) is 4.84. The Balaban J connectivity index is 2.08. The molecule has 0 saturated carbocycles. The maximum atomic E-state index is 11.4. The van der Waals surface area contributed by atoms with E-state index in [9.17, 15) is 9.90 Å². The largest absolute Gasteiger partial charge is 0.388 e. The van der Waals surface area contributed by atoms with Crippen LogP contribution in [0, 0.1) is 0 Å². The van der Waals surface area contributed by atoms with E-state index in [1.54, 1.807) is 11.3 Å². The topological polar surface area (TPSA) is 61.4 Å². The zero-order chi connectivity index (χ0) is 11.5. The fraction of sp³-hybridized carbons (Fsp3) is 0.545. The lowest BCUT2D eigenvalue weighted by molar-refractivity contribution is 0.151. The smallest absolute Gasteiger partial charge is 0.315 e. The molecule has 88 valence electrons. The lowest BCUT2D eigenvalue weighted by Crippen LogP contribution is -2.39. The average Bonchev–Trinajstić information content (AvgIpc) is 2.72. The Morgan fingerprint density at radius 1 is 1.62 bits per heavy atom. The normalized spacial score (nSPS) is 23.6. The highest BCUT2D eigenvalue weighted by Gasteiger charge is 2.27. The highest BCUT2D eigenvalue weighted by atomic mass is 32.1. The monoisotopic (exact) mass is 240 g/mol. The zero-order valence-corrected chi connectivity index (χ0v) is 10.0. The maximum absolute atomic E-state index is 11.4. The van der Waals surface area contributed by atoms with Crippen LogP contribution in [0.25, 0.3) is 0 Å². The number of rotatable bonds is 2. The van der Waals surface area contributed by atoms with Crippen molar-refractivity contribution in [1.29, 1.82) is 0 Å². The third kappa shape index (κ3) is 2.20. The fourth-order valence-electron chi connectivity index (χ4n) is 2.02. The van der Waals surface area contributed by atoms with Gasteiger partial charge >= 0.3 is 6.03 Å². The molecule has 16 heavy (non-hydrogen) atoms. The van der Waals surface area contributed by atoms with E-state index in [0.717, 1.165) is 16.9 Å². The van der Waals surface area contributed by atoms with E-state index < -0.39 is 0 Å². The summed E-state index contributed by atoms with van der Waals surface area (Å²) in [6.07, 6.45) is 1.15. The Kier molecular flexibility index (Phi) is 3.46. The number of hydrogen-bond donors (Lipinski definition) is 3. The van der Waals surface area contributed by atoms with E-state index in [1.165, 1.54) is 0 Å². The molecule has 1 aliphatic carbocycles. The van der Waals surface area contributed by atoms with E-state index >= 15 is 0 Å². The van der Waals surface area contributed by atoms with Crippen LogP contribution in [0.15, 0.2) is 11.4 Å². The molecule has 0 fully saturated rings. The summed E-state index contributed by atoms with van der Waals surface area (Å²) >= 11 is 1.56. The highest BCUT2D eigenvalue weighted by Crippen LogP contribution is 2.39. The molecule has 0 spiro atoms. The lowest BCUT2D eigenvalue weighted by atomic mass is 9.92. The molecule has 1 heterocycles. The summed E-state index contributed by atoms with van der Waals surface area (Å²) < 4.78 is 0. The Labute approximate surface area is 98.7 Å². The molecule has 3 N–H and O–H groups in total.